The largest absolute Gasteiger partial charge is 0.481 e. The lowest BCUT2D eigenvalue weighted by Gasteiger charge is -2.64. The molecule has 0 spiro atoms. The number of amides is 1. The maximum Gasteiger partial charge on any atom is 0.303 e. The van der Waals surface area contributed by atoms with Gasteiger partial charge in [0.1, 0.15) is 0 Å². The summed E-state index contributed by atoms with van der Waals surface area (Å²) >= 11 is 0. The van der Waals surface area contributed by atoms with Crippen molar-refractivity contribution in [3.63, 3.8) is 0 Å². The zero-order valence-corrected chi connectivity index (χ0v) is 41.6. The smallest absolute Gasteiger partial charge is 0.303 e. The first-order valence-electron chi connectivity index (χ1n) is 32.4. The van der Waals surface area contributed by atoms with E-state index in [4.69, 9.17) is 23.7 Å². The minimum Gasteiger partial charge on any atom is -0.481 e. The van der Waals surface area contributed by atoms with Crippen molar-refractivity contribution in [2.75, 3.05) is 12.2 Å². The Morgan fingerprint density at radius 2 is 1.06 bits per heavy atom. The molecule has 6 unspecified atom stereocenters. The van der Waals surface area contributed by atoms with Crippen LogP contribution in [-0.2, 0) is 19.7 Å². The van der Waals surface area contributed by atoms with Crippen LogP contribution >= 0.6 is 0 Å². The first kappa shape index (κ1) is 40.1. The first-order valence-corrected chi connectivity index (χ1v) is 26.9. The summed E-state index contributed by atoms with van der Waals surface area (Å²) in [6.45, 7) is 12.8. The number of aliphatic carboxylic acids is 1. The van der Waals surface area contributed by atoms with Gasteiger partial charge in [0.15, 0.2) is 0 Å². The topological polar surface area (TPSA) is 202 Å². The molecular weight excluding hydrogens is 879 g/mol. The highest BCUT2D eigenvalue weighted by Gasteiger charge is 2.66. The molecule has 22 atom stereocenters. The van der Waals surface area contributed by atoms with E-state index in [-0.39, 0.29) is 105 Å². The average molecular weight is 995 g/mol. The fraction of sp³-hybridized carbons (Fsp3) is 0.964. The van der Waals surface area contributed by atoms with E-state index >= 15 is 0 Å². The summed E-state index contributed by atoms with van der Waals surface area (Å²) in [7, 11) is -5.46. The van der Waals surface area contributed by atoms with Crippen LogP contribution in [0.1, 0.15) is 218 Å². The van der Waals surface area contributed by atoms with Crippen LogP contribution in [-0.4, -0.2) is 86.9 Å². The van der Waals surface area contributed by atoms with Crippen LogP contribution in [0.15, 0.2) is 0 Å². The third kappa shape index (κ3) is 10.6. The van der Waals surface area contributed by atoms with Gasteiger partial charge in [-0.15, -0.1) is 0 Å². The molecule has 0 aromatic heterocycles. The number of carbonyl (C=O) groups excluding carboxylic acids is 1. The van der Waals surface area contributed by atoms with Crippen molar-refractivity contribution >= 4 is 22.0 Å². The van der Waals surface area contributed by atoms with Gasteiger partial charge in [0.2, 0.25) is 5.91 Å². The van der Waals surface area contributed by atoms with Crippen LogP contribution in [0.5, 0.6) is 0 Å². The lowest BCUT2D eigenvalue weighted by Crippen LogP contribution is -2.62. The number of carbonyl (C=O) groups is 2. The van der Waals surface area contributed by atoms with Crippen LogP contribution in [0, 0.1) is 105 Å². The number of carboxylic acid groups (broad SMARTS) is 1. The molecule has 0 heterocycles. The molecular formula is C56H101NO10S. The molecule has 0 aromatic carbocycles. The van der Waals surface area contributed by atoms with E-state index in [1.54, 1.807) is 5.32 Å². The normalized spacial score (nSPS) is 55.3. The highest BCUT2D eigenvalue weighted by molar-refractivity contribution is 7.85. The third-order valence-electron chi connectivity index (χ3n) is 20.6. The summed E-state index contributed by atoms with van der Waals surface area (Å²) in [5.41, 5.74) is -5.74. The van der Waals surface area contributed by atoms with Crippen molar-refractivity contribution in [3.8, 4) is 0 Å². The second-order valence-electron chi connectivity index (χ2n) is 23.5. The fourth-order valence-corrected chi connectivity index (χ4v) is 17.7. The lowest BCUT2D eigenvalue weighted by molar-refractivity contribution is -0.203. The molecule has 8 fully saturated rings. The summed E-state index contributed by atoms with van der Waals surface area (Å²) in [5.74, 6) is -4.13. The van der Waals surface area contributed by atoms with Crippen LogP contribution in [0.2, 0.25) is 0 Å². The minimum absolute atomic E-state index is 0. The van der Waals surface area contributed by atoms with Gasteiger partial charge in [-0.2, -0.15) is 8.42 Å². The Morgan fingerprint density at radius 3 is 1.44 bits per heavy atom. The van der Waals surface area contributed by atoms with Crippen molar-refractivity contribution in [1.82, 2.24) is 5.32 Å². The molecule has 0 radical (unpaired) electrons. The predicted octanol–water partition coefficient (Wildman–Crippen LogP) is 10.4. The summed E-state index contributed by atoms with van der Waals surface area (Å²) in [5, 5.41) is 56.5. The molecule has 0 aromatic rings. The summed E-state index contributed by atoms with van der Waals surface area (Å²) in [4.78, 5) is 23.8. The van der Waals surface area contributed by atoms with E-state index in [2.05, 4.69) is 20.8 Å². The van der Waals surface area contributed by atoms with Crippen LogP contribution in [0.25, 0.3) is 0 Å². The van der Waals surface area contributed by atoms with E-state index < -0.39 is 119 Å². The Morgan fingerprint density at radius 1 is 0.662 bits per heavy atom. The molecule has 1 amide bonds. The number of hydrogen-bond acceptors (Lipinski definition) is 8. The van der Waals surface area contributed by atoms with Crippen molar-refractivity contribution in [1.29, 1.82) is 0 Å². The molecule has 68 heavy (non-hydrogen) atoms. The molecule has 8 saturated carbocycles. The molecule has 0 aliphatic heterocycles. The molecule has 11 nitrogen and oxygen atoms in total. The Bertz CT molecular complexity index is 2460. The van der Waals surface area contributed by atoms with Gasteiger partial charge in [-0.1, -0.05) is 83.1 Å². The van der Waals surface area contributed by atoms with Gasteiger partial charge in [0, 0.05) is 33.0 Å². The zero-order chi connectivity index (χ0) is 60.9. The third-order valence-corrected chi connectivity index (χ3v) is 21.0. The quantitative estimate of drug-likeness (QED) is 0.0871. The van der Waals surface area contributed by atoms with Crippen LogP contribution < -0.4 is 5.32 Å². The maximum atomic E-state index is 12.6. The zero-order valence-electron chi connectivity index (χ0n) is 54.8. The Hall–Kier alpha value is -1.31. The van der Waals surface area contributed by atoms with E-state index in [0.717, 1.165) is 44.9 Å². The number of rotatable bonds is 13. The van der Waals surface area contributed by atoms with Gasteiger partial charge < -0.3 is 30.8 Å². The predicted molar refractivity (Wildman–Crippen MR) is 271 cm³/mol. The molecule has 8 aliphatic rings. The van der Waals surface area contributed by atoms with Gasteiger partial charge in [0.25, 0.3) is 10.1 Å². The number of aliphatic hydroxyl groups is 4. The molecule has 7 N–H and O–H groups in total. The fourth-order valence-electron chi connectivity index (χ4n) is 17.5. The van der Waals surface area contributed by atoms with Crippen molar-refractivity contribution in [2.45, 2.75) is 223 Å². The first-order chi connectivity index (χ1) is 36.1. The average Bonchev–Trinajstić information content (AvgIpc) is 3.12. The highest BCUT2D eigenvalue weighted by atomic mass is 32.2. The summed E-state index contributed by atoms with van der Waals surface area (Å²) in [6.07, 6.45) is -9.53. The van der Waals surface area contributed by atoms with Crippen molar-refractivity contribution < 1.29 is 67.3 Å². The van der Waals surface area contributed by atoms with Crippen LogP contribution in [0.4, 0.5) is 0 Å². The van der Waals surface area contributed by atoms with Crippen molar-refractivity contribution in [3.05, 3.63) is 0 Å². The molecule has 12 heteroatoms. The monoisotopic (exact) mass is 994 g/mol. The van der Waals surface area contributed by atoms with Crippen molar-refractivity contribution in [2.24, 2.45) is 105 Å². The summed E-state index contributed by atoms with van der Waals surface area (Å²) in [6, 6.07) is 0. The SMILES string of the molecule is C.C.[2H]C([2H])(NC(=O)CC[C@@H](C)[C@H]1CCC2C3C(CC[C@@]21C)[C@@]1(C)CC([2H])([2H])[C@]([2H])(O)C([2H])([2H])[C@H]1[C@@H](CC)[C@H]3O)C([2H])([2H])S(=O)(=O)O.[2H]C1([2H])C[C@]2(C)C3CC[C@@]4(C)C(CC[C@@H]4[C@H](C)CCC(=O)O)C3[C@H](O)[C@H](CC)[C@@H]2C([2H])([2H])[C@@]1([2H])O. The molecule has 0 saturated heterocycles. The second-order valence-corrected chi connectivity index (χ2v) is 24.7. The molecule has 8 rings (SSSR count). The van der Waals surface area contributed by atoms with Gasteiger partial charge in [-0.3, -0.25) is 14.1 Å². The Balaban J connectivity index is 0.000000302. The van der Waals surface area contributed by atoms with Crippen LogP contribution in [0.3, 0.4) is 0 Å². The van der Waals surface area contributed by atoms with Gasteiger partial charge in [-0.25, -0.2) is 0 Å². The van der Waals surface area contributed by atoms with Gasteiger partial charge in [-0.05, 0) is 207 Å². The number of aliphatic hydroxyl groups excluding tert-OH is 2. The lowest BCUT2D eigenvalue weighted by atomic mass is 9.41. The number of hydrogen-bond donors (Lipinski definition) is 7. The number of nitrogens with one attached hydrogen (secondary N) is 1. The molecule has 0 bridgehead atoms. The standard InChI is InChI=1S/C28H49NO6S.C26H44O4.2CH4/c1-5-19-23-16-18(30)10-12-28(23,4)22-11-13-27(3)20(7-8-21(27)25(22)26(19)32)17(2)6-9-24(31)29-14-15-36(33,34)35;1-5-17-21-14-16(27)10-12-26(21,4)20-11-13-25(3)18(15(2)6-9-22(28)29)7-8-19(25)23(20)24(17)30;;/h17-23,25-26,30,32H,5-16H2,1-4H3,(H,29,31)(H,33,34,35);15-21,23-24,27,30H,5-14H2,1-4H3,(H,28,29);2*1H4/t17-,18+,19-,20-,21?,22?,23+,25?,26-,27-,28-;15-,16+,17-,18-,19?,20?,21+,23?,24-,25-,26-;;/m11../s1/i10D2,14D2,15D2,16D2,18D;10D2,14D2,16D;;. The van der Waals surface area contributed by atoms with Gasteiger partial charge in [0.05, 0.1) is 35.6 Å². The second kappa shape index (κ2) is 22.0. The Labute approximate surface area is 433 Å². The molecule has 396 valence electrons. The van der Waals surface area contributed by atoms with E-state index in [0.29, 0.717) is 38.0 Å². The van der Waals surface area contributed by atoms with E-state index in [9.17, 15) is 43.5 Å². The summed E-state index contributed by atoms with van der Waals surface area (Å²) < 4.78 is 149. The molecule has 8 aliphatic carbocycles. The van der Waals surface area contributed by atoms with E-state index in [1.165, 1.54) is 0 Å². The Kier molecular flexibility index (Phi) is 13.0. The number of fused-ring (bicyclic) bond motifs is 10. The van der Waals surface area contributed by atoms with Gasteiger partial charge >= 0.3 is 5.97 Å². The number of carboxylic acids is 1. The maximum absolute atomic E-state index is 12.6. The highest BCUT2D eigenvalue weighted by Crippen LogP contribution is 2.71. The minimum atomic E-state index is -5.46. The van der Waals surface area contributed by atoms with E-state index in [1.807, 2.05) is 34.6 Å².